The second-order valence-electron chi connectivity index (χ2n) is 8.96. The second-order valence-corrected chi connectivity index (χ2v) is 8.96. The number of aromatic hydroxyl groups is 1. The van der Waals surface area contributed by atoms with Gasteiger partial charge in [0.25, 0.3) is 5.91 Å². The van der Waals surface area contributed by atoms with Crippen LogP contribution in [0.15, 0.2) is 70.6 Å². The number of nitrogens with two attached hydrogens (primary N) is 1. The first kappa shape index (κ1) is 23.2. The molecule has 0 radical (unpaired) electrons. The van der Waals surface area contributed by atoms with Crippen LogP contribution in [0.4, 0.5) is 0 Å². The van der Waals surface area contributed by atoms with E-state index in [1.165, 1.54) is 12.1 Å². The van der Waals surface area contributed by atoms with Gasteiger partial charge in [0, 0.05) is 18.3 Å². The van der Waals surface area contributed by atoms with Gasteiger partial charge in [-0.1, -0.05) is 53.7 Å². The number of nitrogens with zero attached hydrogens (tertiary/aromatic N) is 1. The highest BCUT2D eigenvalue weighted by Crippen LogP contribution is 2.56. The van der Waals surface area contributed by atoms with Crippen LogP contribution in [-0.2, 0) is 14.4 Å². The Bertz CT molecular complexity index is 1460. The number of amides is 1. The number of phenolic OH excluding ortho intramolecular Hbond substituents is 1. The Kier molecular flexibility index (Phi) is 5.15. The fourth-order valence-electron chi connectivity index (χ4n) is 5.55. The van der Waals surface area contributed by atoms with Crippen molar-refractivity contribution in [3.8, 4) is 5.75 Å². The lowest BCUT2D eigenvalue weighted by atomic mass is 9.56. The van der Waals surface area contributed by atoms with Crippen LogP contribution >= 0.6 is 0 Å². The number of carbonyl (C=O) groups is 3. The van der Waals surface area contributed by atoms with Crippen molar-refractivity contribution in [1.29, 1.82) is 0 Å². The minimum absolute atomic E-state index is 0.114. The number of carbonyl (C=O) groups excluding carboxylic acids is 3. The van der Waals surface area contributed by atoms with Gasteiger partial charge in [-0.25, -0.2) is 0 Å². The number of nitroso groups, excluding NO2 is 1. The van der Waals surface area contributed by atoms with E-state index in [9.17, 15) is 39.7 Å². The number of ketones is 2. The van der Waals surface area contributed by atoms with Gasteiger partial charge >= 0.3 is 0 Å². The Morgan fingerprint density at radius 2 is 1.75 bits per heavy atom. The largest absolute Gasteiger partial charge is 0.508 e. The lowest BCUT2D eigenvalue weighted by molar-refractivity contribution is -0.148. The summed E-state index contributed by atoms with van der Waals surface area (Å²) < 4.78 is 0. The lowest BCUT2D eigenvalue weighted by Crippen LogP contribution is -2.63. The molecule has 182 valence electrons. The number of hydrogen-bond acceptors (Lipinski definition) is 9. The number of primary amides is 1. The average Bonchev–Trinajstić information content (AvgIpc) is 2.84. The van der Waals surface area contributed by atoms with Gasteiger partial charge in [-0.2, -0.15) is 4.91 Å². The molecule has 0 aromatic heterocycles. The molecular weight excluding hydrogens is 468 g/mol. The molecule has 36 heavy (non-hydrogen) atoms. The van der Waals surface area contributed by atoms with Crippen LogP contribution in [0.1, 0.15) is 23.1 Å². The molecule has 2 aromatic rings. The molecule has 4 unspecified atom stereocenters. The monoisotopic (exact) mass is 488 g/mol. The van der Waals surface area contributed by atoms with Crippen molar-refractivity contribution in [2.45, 2.75) is 18.1 Å². The maximum absolute atomic E-state index is 13.8. The van der Waals surface area contributed by atoms with Crippen molar-refractivity contribution in [2.24, 2.45) is 22.7 Å². The zero-order valence-electron chi connectivity index (χ0n) is 18.6. The summed E-state index contributed by atoms with van der Waals surface area (Å²) in [6, 6.07) is 11.7. The van der Waals surface area contributed by atoms with E-state index in [-0.39, 0.29) is 11.3 Å². The highest BCUT2D eigenvalue weighted by molar-refractivity contribution is 6.23. The fourth-order valence-corrected chi connectivity index (χ4v) is 5.55. The molecule has 0 aliphatic heterocycles. The standard InChI is InChI=1S/C26H20N2O8/c27-25(34)19-16(30)10-14-21(28-36)18-13(9-11-5-2-1-3-6-11)12-7-4-8-15(29)17(12)22(31)20(18)24(33)26(14,35)23(19)32/h1-9,14,18,21,29,31-32,35H,10H2,(H2,27,34)/b13-9+. The molecule has 3 aliphatic carbocycles. The third-order valence-corrected chi connectivity index (χ3v) is 7.14. The quantitative estimate of drug-likeness (QED) is 0.321. The highest BCUT2D eigenvalue weighted by atomic mass is 16.3. The molecule has 6 N–H and O–H groups in total. The summed E-state index contributed by atoms with van der Waals surface area (Å²) in [6.45, 7) is 0. The molecule has 0 bridgehead atoms. The van der Waals surface area contributed by atoms with E-state index >= 15 is 0 Å². The van der Waals surface area contributed by atoms with E-state index in [4.69, 9.17) is 5.73 Å². The Morgan fingerprint density at radius 1 is 1.06 bits per heavy atom. The van der Waals surface area contributed by atoms with Gasteiger partial charge in [0.05, 0.1) is 11.1 Å². The first-order valence-corrected chi connectivity index (χ1v) is 11.0. The summed E-state index contributed by atoms with van der Waals surface area (Å²) in [6.07, 6.45) is 0.984. The van der Waals surface area contributed by atoms with Crippen molar-refractivity contribution in [3.05, 3.63) is 87.0 Å². The predicted molar refractivity (Wildman–Crippen MR) is 127 cm³/mol. The smallest absolute Gasteiger partial charge is 0.255 e. The molecule has 10 heteroatoms. The summed E-state index contributed by atoms with van der Waals surface area (Å²) in [5.41, 5.74) is 2.04. The predicted octanol–water partition coefficient (Wildman–Crippen LogP) is 2.17. The zero-order valence-corrected chi connectivity index (χ0v) is 18.6. The summed E-state index contributed by atoms with van der Waals surface area (Å²) >= 11 is 0. The molecule has 4 atom stereocenters. The average molecular weight is 488 g/mol. The number of hydrogen-bond donors (Lipinski definition) is 5. The molecule has 1 fully saturated rings. The van der Waals surface area contributed by atoms with Crippen molar-refractivity contribution in [2.75, 3.05) is 0 Å². The van der Waals surface area contributed by atoms with Gasteiger partial charge in [0.2, 0.25) is 5.78 Å². The maximum atomic E-state index is 13.8. The molecule has 2 aromatic carbocycles. The minimum atomic E-state index is -2.92. The van der Waals surface area contributed by atoms with E-state index in [1.807, 2.05) is 0 Å². The highest BCUT2D eigenvalue weighted by Gasteiger charge is 2.65. The number of fused-ring (bicyclic) bond motifs is 3. The van der Waals surface area contributed by atoms with E-state index in [0.717, 1.165) is 0 Å². The molecule has 1 amide bonds. The zero-order chi connectivity index (χ0) is 25.9. The molecule has 10 nitrogen and oxygen atoms in total. The minimum Gasteiger partial charge on any atom is -0.508 e. The first-order chi connectivity index (χ1) is 17.1. The van der Waals surface area contributed by atoms with E-state index < -0.39 is 70.0 Å². The lowest BCUT2D eigenvalue weighted by Gasteiger charge is -2.48. The number of benzene rings is 2. The number of phenols is 1. The number of rotatable bonds is 3. The van der Waals surface area contributed by atoms with Gasteiger partial charge in [-0.05, 0) is 22.8 Å². The van der Waals surface area contributed by atoms with Crippen molar-refractivity contribution < 1.29 is 34.8 Å². The van der Waals surface area contributed by atoms with Crippen LogP contribution in [0.5, 0.6) is 5.75 Å². The summed E-state index contributed by atoms with van der Waals surface area (Å²) in [5, 5.41) is 47.1. The molecule has 0 spiro atoms. The van der Waals surface area contributed by atoms with Crippen molar-refractivity contribution in [1.82, 2.24) is 0 Å². The van der Waals surface area contributed by atoms with E-state index in [1.54, 1.807) is 42.5 Å². The maximum Gasteiger partial charge on any atom is 0.255 e. The molecular formula is C26H20N2O8. The Labute approximate surface area is 203 Å². The van der Waals surface area contributed by atoms with Crippen LogP contribution in [0.3, 0.4) is 0 Å². The molecule has 0 heterocycles. The molecule has 5 rings (SSSR count). The second kappa shape index (κ2) is 7.99. The Hall–Kier alpha value is -4.57. The van der Waals surface area contributed by atoms with E-state index in [0.29, 0.717) is 16.7 Å². The normalized spacial score (nSPS) is 28.5. The number of aliphatic hydroxyl groups excluding tert-OH is 2. The van der Waals surface area contributed by atoms with Crippen LogP contribution in [0.2, 0.25) is 0 Å². The van der Waals surface area contributed by atoms with Crippen LogP contribution in [-0.4, -0.2) is 49.5 Å². The molecule has 3 aliphatic rings. The Morgan fingerprint density at radius 3 is 2.39 bits per heavy atom. The van der Waals surface area contributed by atoms with Gasteiger partial charge in [-0.15, -0.1) is 0 Å². The number of aliphatic hydroxyl groups is 3. The van der Waals surface area contributed by atoms with Crippen molar-refractivity contribution in [3.63, 3.8) is 0 Å². The van der Waals surface area contributed by atoms with Crippen LogP contribution in [0.25, 0.3) is 17.4 Å². The van der Waals surface area contributed by atoms with Crippen LogP contribution in [0, 0.1) is 16.7 Å². The Balaban J connectivity index is 1.86. The summed E-state index contributed by atoms with van der Waals surface area (Å²) in [4.78, 5) is 50.6. The third-order valence-electron chi connectivity index (χ3n) is 7.14. The topological polar surface area (TPSA) is 188 Å². The first-order valence-electron chi connectivity index (χ1n) is 11.0. The summed E-state index contributed by atoms with van der Waals surface area (Å²) in [5.74, 6) is -8.68. The van der Waals surface area contributed by atoms with Gasteiger partial charge in [0.1, 0.15) is 28.9 Å². The van der Waals surface area contributed by atoms with E-state index in [2.05, 4.69) is 5.18 Å². The van der Waals surface area contributed by atoms with Gasteiger partial charge in [-0.3, -0.25) is 14.4 Å². The molecule has 0 saturated heterocycles. The molecule has 1 saturated carbocycles. The SMILES string of the molecule is NC(=O)C1=C(O)C2(O)C(=O)C3=C(O)c4c(O)cccc4/C(=C\c4ccccc4)C3C(N=O)C2CC1=O. The van der Waals surface area contributed by atoms with Crippen LogP contribution < -0.4 is 5.73 Å². The fraction of sp³-hybridized carbons (Fsp3) is 0.192. The number of Topliss-reactive ketones (excluding diaryl/α,β-unsaturated/α-hetero) is 2. The summed E-state index contributed by atoms with van der Waals surface area (Å²) in [7, 11) is 0. The van der Waals surface area contributed by atoms with Gasteiger partial charge in [0.15, 0.2) is 11.4 Å². The van der Waals surface area contributed by atoms with Crippen molar-refractivity contribution >= 4 is 34.9 Å². The van der Waals surface area contributed by atoms with Gasteiger partial charge < -0.3 is 26.2 Å². The third kappa shape index (κ3) is 2.97.